The van der Waals surface area contributed by atoms with Gasteiger partial charge in [-0.05, 0) is 59.8 Å². The van der Waals surface area contributed by atoms with Crippen molar-refractivity contribution in [2.75, 3.05) is 13.1 Å². The van der Waals surface area contributed by atoms with Crippen LogP contribution in [-0.4, -0.2) is 35.1 Å². The van der Waals surface area contributed by atoms with E-state index in [9.17, 15) is 0 Å². The van der Waals surface area contributed by atoms with E-state index in [2.05, 4.69) is 57.3 Å². The number of nitrogens with zero attached hydrogens (tertiary/aromatic N) is 2. The fourth-order valence-corrected chi connectivity index (χ4v) is 3.27. The van der Waals surface area contributed by atoms with Gasteiger partial charge in [-0.15, -0.1) is 0 Å². The Kier molecular flexibility index (Phi) is 7.67. The Balaban J connectivity index is 2.77. The Morgan fingerprint density at radius 3 is 2.14 bits per heavy atom. The molecule has 0 amide bonds. The van der Waals surface area contributed by atoms with Crippen molar-refractivity contribution in [3.05, 3.63) is 0 Å². The van der Waals surface area contributed by atoms with Gasteiger partial charge in [-0.1, -0.05) is 26.7 Å². The van der Waals surface area contributed by atoms with E-state index in [1.54, 1.807) is 0 Å². The minimum atomic E-state index is 0.152. The topological polar surface area (TPSA) is 39.7 Å². The van der Waals surface area contributed by atoms with Crippen LogP contribution in [0.4, 0.5) is 0 Å². The first-order chi connectivity index (χ1) is 10.3. The lowest BCUT2D eigenvalue weighted by atomic mass is 9.82. The van der Waals surface area contributed by atoms with Crippen molar-refractivity contribution >= 4 is 5.96 Å². The van der Waals surface area contributed by atoms with E-state index in [-0.39, 0.29) is 11.1 Å². The summed E-state index contributed by atoms with van der Waals surface area (Å²) in [5.41, 5.74) is 3.93. The second-order valence-corrected chi connectivity index (χ2v) is 7.79. The monoisotopic (exact) mass is 310 g/mol. The highest BCUT2D eigenvalue weighted by molar-refractivity contribution is 5.79. The number of piperidine rings is 1. The lowest BCUT2D eigenvalue weighted by Crippen LogP contribution is -2.66. The van der Waals surface area contributed by atoms with Gasteiger partial charge >= 0.3 is 0 Å². The maximum absolute atomic E-state index is 4.76. The third-order valence-electron chi connectivity index (χ3n) is 4.61. The van der Waals surface area contributed by atoms with Gasteiger partial charge in [0.05, 0.1) is 0 Å². The van der Waals surface area contributed by atoms with Crippen LogP contribution in [0.3, 0.4) is 0 Å². The van der Waals surface area contributed by atoms with Crippen LogP contribution in [0.5, 0.6) is 0 Å². The first kappa shape index (κ1) is 19.3. The van der Waals surface area contributed by atoms with Gasteiger partial charge in [-0.3, -0.25) is 10.4 Å². The van der Waals surface area contributed by atoms with Gasteiger partial charge in [-0.25, -0.2) is 5.01 Å². The summed E-state index contributed by atoms with van der Waals surface area (Å²) >= 11 is 0. The van der Waals surface area contributed by atoms with Gasteiger partial charge < -0.3 is 5.32 Å². The molecule has 4 nitrogen and oxygen atoms in total. The molecule has 1 aliphatic rings. The molecule has 4 heteroatoms. The molecule has 0 aromatic heterocycles. The normalized spacial score (nSPS) is 21.6. The molecule has 0 bridgehead atoms. The van der Waals surface area contributed by atoms with E-state index < -0.39 is 0 Å². The Morgan fingerprint density at radius 1 is 1.00 bits per heavy atom. The summed E-state index contributed by atoms with van der Waals surface area (Å²) in [5.74, 6) is 0.949. The van der Waals surface area contributed by atoms with Crippen molar-refractivity contribution in [2.45, 2.75) is 97.6 Å². The number of nitrogens with one attached hydrogen (secondary N) is 2. The Hall–Kier alpha value is -0.770. The third-order valence-corrected chi connectivity index (χ3v) is 4.61. The quantitative estimate of drug-likeness (QED) is 0.423. The summed E-state index contributed by atoms with van der Waals surface area (Å²) in [5, 5.41) is 5.92. The van der Waals surface area contributed by atoms with Crippen LogP contribution in [0.25, 0.3) is 0 Å². The molecule has 0 unspecified atom stereocenters. The molecule has 1 saturated heterocycles. The highest BCUT2D eigenvalue weighted by atomic mass is 15.6. The van der Waals surface area contributed by atoms with E-state index in [1.165, 1.54) is 38.5 Å². The molecule has 22 heavy (non-hydrogen) atoms. The van der Waals surface area contributed by atoms with Gasteiger partial charge in [-0.2, -0.15) is 0 Å². The van der Waals surface area contributed by atoms with Crippen LogP contribution in [-0.2, 0) is 0 Å². The zero-order chi connectivity index (χ0) is 16.6. The SMILES string of the molecule is CCCCN=C(NCCCC)NN1C(C)(C)CCCC1(C)C. The molecule has 0 aromatic carbocycles. The Morgan fingerprint density at radius 2 is 1.59 bits per heavy atom. The standard InChI is InChI=1S/C18H38N4/c1-7-9-14-19-16(20-15-10-8-2)21-22-17(3,4)12-11-13-18(22,5)6/h7-15H2,1-6H3,(H2,19,20,21). The van der Waals surface area contributed by atoms with E-state index in [0.29, 0.717) is 0 Å². The number of unbranched alkanes of at least 4 members (excludes halogenated alkanes) is 2. The number of guanidine groups is 1. The second kappa shape index (κ2) is 8.76. The molecule has 1 aliphatic heterocycles. The number of hydrazine groups is 1. The molecule has 0 aliphatic carbocycles. The zero-order valence-electron chi connectivity index (χ0n) is 15.8. The molecule has 1 heterocycles. The summed E-state index contributed by atoms with van der Waals surface area (Å²) in [6.07, 6.45) is 8.46. The van der Waals surface area contributed by atoms with E-state index in [0.717, 1.165) is 25.5 Å². The van der Waals surface area contributed by atoms with Crippen molar-refractivity contribution in [2.24, 2.45) is 4.99 Å². The number of rotatable bonds is 7. The van der Waals surface area contributed by atoms with Crippen LogP contribution in [0.15, 0.2) is 4.99 Å². The van der Waals surface area contributed by atoms with Crippen LogP contribution >= 0.6 is 0 Å². The van der Waals surface area contributed by atoms with Gasteiger partial charge in [0.1, 0.15) is 0 Å². The number of hydrogen-bond acceptors (Lipinski definition) is 2. The second-order valence-electron chi connectivity index (χ2n) is 7.79. The molecule has 0 radical (unpaired) electrons. The van der Waals surface area contributed by atoms with Crippen LogP contribution in [0.1, 0.15) is 86.5 Å². The van der Waals surface area contributed by atoms with Gasteiger partial charge in [0.15, 0.2) is 0 Å². The van der Waals surface area contributed by atoms with Crippen molar-refractivity contribution in [3.8, 4) is 0 Å². The molecule has 0 saturated carbocycles. The average molecular weight is 311 g/mol. The Bertz CT molecular complexity index is 331. The average Bonchev–Trinajstić information content (AvgIpc) is 2.42. The first-order valence-corrected chi connectivity index (χ1v) is 9.19. The van der Waals surface area contributed by atoms with Gasteiger partial charge in [0.25, 0.3) is 0 Å². The minimum absolute atomic E-state index is 0.152. The highest BCUT2D eigenvalue weighted by Gasteiger charge is 2.42. The molecule has 0 aromatic rings. The maximum atomic E-state index is 4.76. The first-order valence-electron chi connectivity index (χ1n) is 9.19. The minimum Gasteiger partial charge on any atom is -0.355 e. The van der Waals surface area contributed by atoms with Crippen LogP contribution < -0.4 is 10.7 Å². The van der Waals surface area contributed by atoms with Crippen molar-refractivity contribution < 1.29 is 0 Å². The van der Waals surface area contributed by atoms with Crippen molar-refractivity contribution in [3.63, 3.8) is 0 Å². The van der Waals surface area contributed by atoms with E-state index in [1.807, 2.05) is 0 Å². The molecular weight excluding hydrogens is 272 g/mol. The zero-order valence-corrected chi connectivity index (χ0v) is 15.8. The smallest absolute Gasteiger partial charge is 0.206 e. The molecule has 0 atom stereocenters. The van der Waals surface area contributed by atoms with Crippen LogP contribution in [0.2, 0.25) is 0 Å². The van der Waals surface area contributed by atoms with E-state index in [4.69, 9.17) is 4.99 Å². The third kappa shape index (κ3) is 5.79. The van der Waals surface area contributed by atoms with E-state index >= 15 is 0 Å². The summed E-state index contributed by atoms with van der Waals surface area (Å²) in [6, 6.07) is 0. The molecular formula is C18H38N4. The molecule has 2 N–H and O–H groups in total. The maximum Gasteiger partial charge on any atom is 0.206 e. The largest absolute Gasteiger partial charge is 0.355 e. The van der Waals surface area contributed by atoms with Gasteiger partial charge in [0, 0.05) is 24.2 Å². The van der Waals surface area contributed by atoms with Crippen molar-refractivity contribution in [1.29, 1.82) is 0 Å². The predicted molar refractivity (Wildman–Crippen MR) is 97.1 cm³/mol. The predicted octanol–water partition coefficient (Wildman–Crippen LogP) is 4.08. The fourth-order valence-electron chi connectivity index (χ4n) is 3.27. The summed E-state index contributed by atoms with van der Waals surface area (Å²) in [4.78, 5) is 4.76. The summed E-state index contributed by atoms with van der Waals surface area (Å²) in [6.45, 7) is 15.6. The van der Waals surface area contributed by atoms with Crippen LogP contribution in [0, 0.1) is 0 Å². The Labute approximate surface area is 138 Å². The number of hydrogen-bond donors (Lipinski definition) is 2. The number of aliphatic imine (C=N–C) groups is 1. The van der Waals surface area contributed by atoms with Gasteiger partial charge in [0.2, 0.25) is 5.96 Å². The fraction of sp³-hybridized carbons (Fsp3) is 0.944. The summed E-state index contributed by atoms with van der Waals surface area (Å²) < 4.78 is 0. The molecule has 130 valence electrons. The lowest BCUT2D eigenvalue weighted by molar-refractivity contribution is -0.0519. The summed E-state index contributed by atoms with van der Waals surface area (Å²) in [7, 11) is 0. The lowest BCUT2D eigenvalue weighted by Gasteiger charge is -2.52. The van der Waals surface area contributed by atoms with Crippen molar-refractivity contribution in [1.82, 2.24) is 15.8 Å². The highest BCUT2D eigenvalue weighted by Crippen LogP contribution is 2.36. The molecule has 0 spiro atoms. The molecule has 1 fully saturated rings. The molecule has 1 rings (SSSR count).